The molecule has 32 heavy (non-hydrogen) atoms. The third-order valence-electron chi connectivity index (χ3n) is 7.22. The molecule has 0 spiro atoms. The lowest BCUT2D eigenvalue weighted by atomic mass is 9.95. The Morgan fingerprint density at radius 1 is 0.844 bits per heavy atom. The van der Waals surface area contributed by atoms with E-state index >= 15 is 0 Å². The summed E-state index contributed by atoms with van der Waals surface area (Å²) in [5, 5.41) is 3.18. The van der Waals surface area contributed by atoms with E-state index in [1.54, 1.807) is 0 Å². The van der Waals surface area contributed by atoms with Gasteiger partial charge < -0.3 is 5.32 Å². The van der Waals surface area contributed by atoms with Gasteiger partial charge in [-0.05, 0) is 81.4 Å². The minimum Gasteiger partial charge on any atom is -0.352 e. The molecule has 4 rings (SSSR count). The molecule has 2 aliphatic rings. The average molecular weight is 434 g/mol. The molecule has 0 saturated carbocycles. The SMILES string of the molecule is Cc1cccc(CN2CCC(C(=O)NCc3ccc(CN4CCC(C)CC4)cc3)CC2)c1. The summed E-state index contributed by atoms with van der Waals surface area (Å²) < 4.78 is 0. The maximum Gasteiger partial charge on any atom is 0.223 e. The van der Waals surface area contributed by atoms with Gasteiger partial charge >= 0.3 is 0 Å². The molecule has 4 nitrogen and oxygen atoms in total. The van der Waals surface area contributed by atoms with Crippen molar-refractivity contribution in [2.24, 2.45) is 11.8 Å². The summed E-state index contributed by atoms with van der Waals surface area (Å²) in [6.45, 7) is 11.6. The molecule has 1 amide bonds. The van der Waals surface area contributed by atoms with Crippen LogP contribution >= 0.6 is 0 Å². The first-order valence-corrected chi connectivity index (χ1v) is 12.4. The highest BCUT2D eigenvalue weighted by Crippen LogP contribution is 2.21. The summed E-state index contributed by atoms with van der Waals surface area (Å²) in [5.41, 5.74) is 5.24. The van der Waals surface area contributed by atoms with Gasteiger partial charge in [0.1, 0.15) is 0 Å². The van der Waals surface area contributed by atoms with Gasteiger partial charge in [-0.3, -0.25) is 14.6 Å². The van der Waals surface area contributed by atoms with Crippen LogP contribution in [0.2, 0.25) is 0 Å². The first kappa shape index (κ1) is 23.0. The Morgan fingerprint density at radius 3 is 2.09 bits per heavy atom. The lowest BCUT2D eigenvalue weighted by molar-refractivity contribution is -0.126. The largest absolute Gasteiger partial charge is 0.352 e. The van der Waals surface area contributed by atoms with Crippen LogP contribution in [0, 0.1) is 18.8 Å². The van der Waals surface area contributed by atoms with Crippen molar-refractivity contribution >= 4 is 5.91 Å². The first-order chi connectivity index (χ1) is 15.5. The number of rotatable bonds is 7. The summed E-state index contributed by atoms with van der Waals surface area (Å²) in [5.74, 6) is 1.23. The Kier molecular flexibility index (Phi) is 7.99. The van der Waals surface area contributed by atoms with Crippen LogP contribution in [0.4, 0.5) is 0 Å². The number of nitrogens with zero attached hydrogens (tertiary/aromatic N) is 2. The van der Waals surface area contributed by atoms with Crippen LogP contribution in [0.25, 0.3) is 0 Å². The van der Waals surface area contributed by atoms with Crippen molar-refractivity contribution in [2.45, 2.75) is 59.2 Å². The Labute approximate surface area is 194 Å². The van der Waals surface area contributed by atoms with Gasteiger partial charge in [0, 0.05) is 25.6 Å². The van der Waals surface area contributed by atoms with E-state index in [4.69, 9.17) is 0 Å². The number of likely N-dealkylation sites (tertiary alicyclic amines) is 2. The molecule has 2 saturated heterocycles. The zero-order valence-electron chi connectivity index (χ0n) is 19.9. The number of nitrogens with one attached hydrogen (secondary N) is 1. The van der Waals surface area contributed by atoms with Crippen molar-refractivity contribution in [1.29, 1.82) is 0 Å². The molecule has 2 fully saturated rings. The minimum absolute atomic E-state index is 0.143. The third-order valence-corrected chi connectivity index (χ3v) is 7.22. The normalized spacial score (nSPS) is 19.2. The van der Waals surface area contributed by atoms with Gasteiger partial charge in [-0.25, -0.2) is 0 Å². The molecule has 1 N–H and O–H groups in total. The van der Waals surface area contributed by atoms with Crippen molar-refractivity contribution in [2.75, 3.05) is 26.2 Å². The van der Waals surface area contributed by atoms with Gasteiger partial charge in [0.2, 0.25) is 5.91 Å². The number of hydrogen-bond acceptors (Lipinski definition) is 3. The number of piperidine rings is 2. The molecule has 0 radical (unpaired) electrons. The Bertz CT molecular complexity index is 863. The van der Waals surface area contributed by atoms with E-state index in [9.17, 15) is 4.79 Å². The van der Waals surface area contributed by atoms with E-state index in [1.165, 1.54) is 48.2 Å². The van der Waals surface area contributed by atoms with Crippen LogP contribution < -0.4 is 5.32 Å². The van der Waals surface area contributed by atoms with E-state index in [0.29, 0.717) is 6.54 Å². The van der Waals surface area contributed by atoms with Crippen molar-refractivity contribution in [3.8, 4) is 0 Å². The molecule has 0 unspecified atom stereocenters. The van der Waals surface area contributed by atoms with Crippen molar-refractivity contribution < 1.29 is 4.79 Å². The standard InChI is InChI=1S/C28H39N3O/c1-22-10-14-30(15-11-22)20-25-8-6-24(7-9-25)19-29-28(32)27-12-16-31(17-13-27)21-26-5-3-4-23(2)18-26/h3-9,18,22,27H,10-17,19-21H2,1-2H3,(H,29,32). The van der Waals surface area contributed by atoms with E-state index < -0.39 is 0 Å². The quantitative estimate of drug-likeness (QED) is 0.684. The fourth-order valence-electron chi connectivity index (χ4n) is 5.00. The number of aryl methyl sites for hydroxylation is 1. The molecule has 0 aromatic heterocycles. The average Bonchev–Trinajstić information content (AvgIpc) is 2.80. The Balaban J connectivity index is 1.17. The lowest BCUT2D eigenvalue weighted by Crippen LogP contribution is -2.40. The van der Waals surface area contributed by atoms with Gasteiger partial charge in [-0.15, -0.1) is 0 Å². The molecule has 0 aliphatic carbocycles. The van der Waals surface area contributed by atoms with E-state index in [0.717, 1.165) is 44.9 Å². The van der Waals surface area contributed by atoms with Gasteiger partial charge in [0.15, 0.2) is 0 Å². The summed E-state index contributed by atoms with van der Waals surface area (Å²) >= 11 is 0. The highest BCUT2D eigenvalue weighted by Gasteiger charge is 2.24. The topological polar surface area (TPSA) is 35.6 Å². The van der Waals surface area contributed by atoms with Gasteiger partial charge in [-0.2, -0.15) is 0 Å². The summed E-state index contributed by atoms with van der Waals surface area (Å²) in [6, 6.07) is 17.5. The Morgan fingerprint density at radius 2 is 1.44 bits per heavy atom. The number of carbonyl (C=O) groups excluding carboxylic acids is 1. The summed E-state index contributed by atoms with van der Waals surface area (Å²) in [6.07, 6.45) is 4.53. The van der Waals surface area contributed by atoms with Crippen LogP contribution in [0.3, 0.4) is 0 Å². The van der Waals surface area contributed by atoms with E-state index in [2.05, 4.69) is 77.5 Å². The van der Waals surface area contributed by atoms with Crippen LogP contribution in [-0.2, 0) is 24.4 Å². The molecule has 2 aliphatic heterocycles. The van der Waals surface area contributed by atoms with Crippen LogP contribution in [0.15, 0.2) is 48.5 Å². The second-order valence-corrected chi connectivity index (χ2v) is 10.0. The summed E-state index contributed by atoms with van der Waals surface area (Å²) in [4.78, 5) is 17.7. The maximum atomic E-state index is 12.7. The highest BCUT2D eigenvalue weighted by atomic mass is 16.1. The van der Waals surface area contributed by atoms with Gasteiger partial charge in [0.05, 0.1) is 0 Å². The van der Waals surface area contributed by atoms with Gasteiger partial charge in [-0.1, -0.05) is 61.0 Å². The van der Waals surface area contributed by atoms with Gasteiger partial charge in [0.25, 0.3) is 0 Å². The molecule has 2 heterocycles. The van der Waals surface area contributed by atoms with Crippen LogP contribution in [0.5, 0.6) is 0 Å². The molecule has 0 atom stereocenters. The smallest absolute Gasteiger partial charge is 0.223 e. The maximum absolute atomic E-state index is 12.7. The second kappa shape index (κ2) is 11.1. The van der Waals surface area contributed by atoms with E-state index in [1.807, 2.05) is 0 Å². The molecular weight excluding hydrogens is 394 g/mol. The molecular formula is C28H39N3O. The fraction of sp³-hybridized carbons (Fsp3) is 0.536. The second-order valence-electron chi connectivity index (χ2n) is 10.0. The number of carbonyl (C=O) groups is 1. The number of hydrogen-bond donors (Lipinski definition) is 1. The number of benzene rings is 2. The third kappa shape index (κ3) is 6.66. The van der Waals surface area contributed by atoms with Crippen molar-refractivity contribution in [3.63, 3.8) is 0 Å². The van der Waals surface area contributed by atoms with E-state index in [-0.39, 0.29) is 11.8 Å². The zero-order valence-corrected chi connectivity index (χ0v) is 19.9. The zero-order chi connectivity index (χ0) is 22.3. The molecule has 4 heteroatoms. The monoisotopic (exact) mass is 433 g/mol. The highest BCUT2D eigenvalue weighted by molar-refractivity contribution is 5.78. The van der Waals surface area contributed by atoms with Crippen LogP contribution in [-0.4, -0.2) is 41.9 Å². The molecule has 172 valence electrons. The Hall–Kier alpha value is -2.17. The minimum atomic E-state index is 0.143. The van der Waals surface area contributed by atoms with Crippen molar-refractivity contribution in [1.82, 2.24) is 15.1 Å². The lowest BCUT2D eigenvalue weighted by Gasteiger charge is -2.31. The van der Waals surface area contributed by atoms with Crippen LogP contribution in [0.1, 0.15) is 54.9 Å². The first-order valence-electron chi connectivity index (χ1n) is 12.4. The summed E-state index contributed by atoms with van der Waals surface area (Å²) in [7, 11) is 0. The molecule has 0 bridgehead atoms. The molecule has 2 aromatic rings. The van der Waals surface area contributed by atoms with Crippen molar-refractivity contribution in [3.05, 3.63) is 70.8 Å². The fourth-order valence-corrected chi connectivity index (χ4v) is 5.00. The number of amides is 1. The predicted molar refractivity (Wildman–Crippen MR) is 131 cm³/mol. The molecule has 2 aromatic carbocycles. The predicted octanol–water partition coefficient (Wildman–Crippen LogP) is 4.76.